The van der Waals surface area contributed by atoms with Crippen LogP contribution in [0, 0.1) is 2.88 Å². The van der Waals surface area contributed by atoms with Gasteiger partial charge in [0, 0.05) is 18.0 Å². The Morgan fingerprint density at radius 3 is 3.12 bits per heavy atom. The van der Waals surface area contributed by atoms with Gasteiger partial charge in [0.05, 0.1) is 8.45 Å². The molecule has 0 aliphatic carbocycles. The van der Waals surface area contributed by atoms with Crippen molar-refractivity contribution in [3.05, 3.63) is 19.9 Å². The first-order valence-electron chi connectivity index (χ1n) is 5.51. The summed E-state index contributed by atoms with van der Waals surface area (Å²) in [6, 6.07) is 2.38. The van der Waals surface area contributed by atoms with Gasteiger partial charge in [-0.15, -0.1) is 11.3 Å². The first-order chi connectivity index (χ1) is 7.75. The standard InChI is InChI=1S/C11H15IN2OS/c12-10-5-8(7-16-10)11(15)14-6-9-3-1-2-4-13-9/h5,7,9,13H,1-4,6H2,(H,14,15). The van der Waals surface area contributed by atoms with E-state index in [0.29, 0.717) is 6.04 Å². The molecule has 2 N–H and O–H groups in total. The number of carbonyl (C=O) groups excluding carboxylic acids is 1. The summed E-state index contributed by atoms with van der Waals surface area (Å²) in [5.41, 5.74) is 0.783. The minimum absolute atomic E-state index is 0.0477. The van der Waals surface area contributed by atoms with Crippen LogP contribution in [0.25, 0.3) is 0 Å². The van der Waals surface area contributed by atoms with E-state index in [1.54, 1.807) is 11.3 Å². The van der Waals surface area contributed by atoms with Gasteiger partial charge in [0.2, 0.25) is 0 Å². The fraction of sp³-hybridized carbons (Fsp3) is 0.545. The fourth-order valence-corrected chi connectivity index (χ4v) is 3.17. The summed E-state index contributed by atoms with van der Waals surface area (Å²) in [5.74, 6) is 0.0477. The van der Waals surface area contributed by atoms with Gasteiger partial charge in [-0.3, -0.25) is 4.79 Å². The van der Waals surface area contributed by atoms with E-state index in [1.807, 2.05) is 11.4 Å². The Hall–Kier alpha value is -0.140. The number of rotatable bonds is 3. The molecule has 1 aliphatic rings. The van der Waals surface area contributed by atoms with Crippen molar-refractivity contribution >= 4 is 39.8 Å². The van der Waals surface area contributed by atoms with Gasteiger partial charge in [0.25, 0.3) is 5.91 Å². The Kier molecular flexibility index (Phi) is 4.60. The van der Waals surface area contributed by atoms with Gasteiger partial charge in [-0.1, -0.05) is 6.42 Å². The number of hydrogen-bond acceptors (Lipinski definition) is 3. The first-order valence-corrected chi connectivity index (χ1v) is 7.47. The van der Waals surface area contributed by atoms with Gasteiger partial charge in [-0.25, -0.2) is 0 Å². The second-order valence-electron chi connectivity index (χ2n) is 4.00. The van der Waals surface area contributed by atoms with Crippen molar-refractivity contribution in [2.75, 3.05) is 13.1 Å². The predicted molar refractivity (Wildman–Crippen MR) is 75.0 cm³/mol. The van der Waals surface area contributed by atoms with Crippen LogP contribution in [0.1, 0.15) is 29.6 Å². The van der Waals surface area contributed by atoms with E-state index in [-0.39, 0.29) is 5.91 Å². The van der Waals surface area contributed by atoms with Crippen LogP contribution < -0.4 is 10.6 Å². The minimum atomic E-state index is 0.0477. The van der Waals surface area contributed by atoms with Crippen molar-refractivity contribution < 1.29 is 4.79 Å². The summed E-state index contributed by atoms with van der Waals surface area (Å²) in [6.45, 7) is 1.82. The summed E-state index contributed by atoms with van der Waals surface area (Å²) < 4.78 is 1.15. The molecule has 0 radical (unpaired) electrons. The Labute approximate surface area is 113 Å². The zero-order chi connectivity index (χ0) is 11.4. The number of amides is 1. The van der Waals surface area contributed by atoms with Gasteiger partial charge >= 0.3 is 0 Å². The molecule has 1 amide bonds. The number of carbonyl (C=O) groups is 1. The lowest BCUT2D eigenvalue weighted by Crippen LogP contribution is -2.43. The van der Waals surface area contributed by atoms with E-state index in [4.69, 9.17) is 0 Å². The van der Waals surface area contributed by atoms with Crippen LogP contribution in [-0.2, 0) is 0 Å². The highest BCUT2D eigenvalue weighted by molar-refractivity contribution is 14.1. The van der Waals surface area contributed by atoms with Crippen molar-refractivity contribution in [3.63, 3.8) is 0 Å². The van der Waals surface area contributed by atoms with Gasteiger partial charge < -0.3 is 10.6 Å². The molecular formula is C11H15IN2OS. The lowest BCUT2D eigenvalue weighted by atomic mass is 10.1. The maximum absolute atomic E-state index is 11.8. The van der Waals surface area contributed by atoms with Crippen LogP contribution >= 0.6 is 33.9 Å². The Morgan fingerprint density at radius 1 is 1.62 bits per heavy atom. The summed E-state index contributed by atoms with van der Waals surface area (Å²) in [5, 5.41) is 8.31. The average molecular weight is 350 g/mol. The molecule has 2 rings (SSSR count). The van der Waals surface area contributed by atoms with Crippen LogP contribution in [0.15, 0.2) is 11.4 Å². The third kappa shape index (κ3) is 3.43. The molecule has 1 aromatic heterocycles. The second kappa shape index (κ2) is 5.97. The average Bonchev–Trinajstić information content (AvgIpc) is 2.74. The molecular weight excluding hydrogens is 335 g/mol. The summed E-state index contributed by atoms with van der Waals surface area (Å²) in [4.78, 5) is 11.8. The van der Waals surface area contributed by atoms with Crippen LogP contribution in [0.3, 0.4) is 0 Å². The van der Waals surface area contributed by atoms with Crippen LogP contribution in [-0.4, -0.2) is 25.0 Å². The monoisotopic (exact) mass is 350 g/mol. The van der Waals surface area contributed by atoms with Gasteiger partial charge in [-0.2, -0.15) is 0 Å². The molecule has 1 atom stereocenters. The molecule has 1 saturated heterocycles. The van der Waals surface area contributed by atoms with Crippen LogP contribution in [0.5, 0.6) is 0 Å². The van der Waals surface area contributed by atoms with E-state index in [9.17, 15) is 4.79 Å². The SMILES string of the molecule is O=C(NCC1CCCCN1)c1csc(I)c1. The van der Waals surface area contributed by atoms with Crippen molar-refractivity contribution in [1.82, 2.24) is 10.6 Å². The van der Waals surface area contributed by atoms with Crippen LogP contribution in [0.2, 0.25) is 0 Å². The number of piperidine rings is 1. The highest BCUT2D eigenvalue weighted by Crippen LogP contribution is 2.16. The third-order valence-corrected chi connectivity index (χ3v) is 4.54. The summed E-state index contributed by atoms with van der Waals surface area (Å²) in [6.07, 6.45) is 3.69. The number of thiophene rings is 1. The summed E-state index contributed by atoms with van der Waals surface area (Å²) >= 11 is 3.84. The molecule has 1 aliphatic heterocycles. The third-order valence-electron chi connectivity index (χ3n) is 2.75. The van der Waals surface area contributed by atoms with Gasteiger partial charge in [-0.05, 0) is 48.0 Å². The topological polar surface area (TPSA) is 41.1 Å². The zero-order valence-electron chi connectivity index (χ0n) is 8.96. The lowest BCUT2D eigenvalue weighted by molar-refractivity contribution is 0.0948. The maximum Gasteiger partial charge on any atom is 0.252 e. The lowest BCUT2D eigenvalue weighted by Gasteiger charge is -2.23. The largest absolute Gasteiger partial charge is 0.350 e. The van der Waals surface area contributed by atoms with E-state index >= 15 is 0 Å². The zero-order valence-corrected chi connectivity index (χ0v) is 11.9. The van der Waals surface area contributed by atoms with E-state index in [1.165, 1.54) is 19.3 Å². The van der Waals surface area contributed by atoms with E-state index in [0.717, 1.165) is 21.5 Å². The summed E-state index contributed by atoms with van der Waals surface area (Å²) in [7, 11) is 0. The maximum atomic E-state index is 11.8. The molecule has 16 heavy (non-hydrogen) atoms. The number of nitrogens with one attached hydrogen (secondary N) is 2. The molecule has 0 bridgehead atoms. The smallest absolute Gasteiger partial charge is 0.252 e. The molecule has 3 nitrogen and oxygen atoms in total. The molecule has 0 spiro atoms. The van der Waals surface area contributed by atoms with Crippen molar-refractivity contribution in [2.24, 2.45) is 0 Å². The van der Waals surface area contributed by atoms with Gasteiger partial charge in [0.15, 0.2) is 0 Å². The van der Waals surface area contributed by atoms with Crippen molar-refractivity contribution in [2.45, 2.75) is 25.3 Å². The quantitative estimate of drug-likeness (QED) is 0.821. The molecule has 88 valence electrons. The van der Waals surface area contributed by atoms with Crippen molar-refractivity contribution in [3.8, 4) is 0 Å². The Balaban J connectivity index is 1.79. The molecule has 2 heterocycles. The Bertz CT molecular complexity index is 361. The molecule has 1 aromatic rings. The number of hydrogen-bond donors (Lipinski definition) is 2. The normalized spacial score (nSPS) is 20.7. The van der Waals surface area contributed by atoms with E-state index in [2.05, 4.69) is 33.2 Å². The number of halogens is 1. The van der Waals surface area contributed by atoms with Crippen molar-refractivity contribution in [1.29, 1.82) is 0 Å². The van der Waals surface area contributed by atoms with Gasteiger partial charge in [0.1, 0.15) is 0 Å². The molecule has 5 heteroatoms. The molecule has 0 aromatic carbocycles. The first kappa shape index (κ1) is 12.3. The molecule has 0 saturated carbocycles. The van der Waals surface area contributed by atoms with Crippen LogP contribution in [0.4, 0.5) is 0 Å². The fourth-order valence-electron chi connectivity index (χ4n) is 1.85. The minimum Gasteiger partial charge on any atom is -0.350 e. The highest BCUT2D eigenvalue weighted by Gasteiger charge is 2.14. The molecule has 1 fully saturated rings. The highest BCUT2D eigenvalue weighted by atomic mass is 127. The van der Waals surface area contributed by atoms with E-state index < -0.39 is 0 Å². The predicted octanol–water partition coefficient (Wildman–Crippen LogP) is 2.22. The molecule has 1 unspecified atom stereocenters. The Morgan fingerprint density at radius 2 is 2.50 bits per heavy atom. The second-order valence-corrected chi connectivity index (χ2v) is 6.80.